The Labute approximate surface area is 104 Å². The summed E-state index contributed by atoms with van der Waals surface area (Å²) in [5.41, 5.74) is 2.12. The van der Waals surface area contributed by atoms with E-state index in [0.29, 0.717) is 5.69 Å². The number of halogens is 4. The third kappa shape index (κ3) is 1.59. The van der Waals surface area contributed by atoms with Crippen molar-refractivity contribution in [2.45, 2.75) is 6.18 Å². The number of benzene rings is 1. The van der Waals surface area contributed by atoms with E-state index in [-0.39, 0.29) is 16.7 Å². The Hall–Kier alpha value is -1.89. The fraction of sp³-hybridized carbons (Fsp3) is 0.100. The molecule has 0 saturated heterocycles. The first-order chi connectivity index (χ1) is 8.47. The maximum absolute atomic E-state index is 12.7. The number of hydrogen-bond acceptors (Lipinski definition) is 3. The molecule has 1 N–H and O–H groups in total. The lowest BCUT2D eigenvalue weighted by Crippen LogP contribution is -2.18. The molecule has 0 aliphatic carbocycles. The first-order valence-corrected chi connectivity index (χ1v) is 5.22. The Bertz CT molecular complexity index is 623. The highest BCUT2D eigenvalue weighted by Crippen LogP contribution is 2.40. The molecule has 0 fully saturated rings. The standard InChI is InChI=1S/C10H5ClF3N3O/c11-6-4-8-7(3-5(6)10(12,13)14)16-18-9-15-1-2-17(8)9/h1-4,16H. The van der Waals surface area contributed by atoms with E-state index >= 15 is 0 Å². The predicted molar refractivity (Wildman–Crippen MR) is 57.8 cm³/mol. The van der Waals surface area contributed by atoms with Crippen LogP contribution in [0.4, 0.5) is 18.9 Å². The molecular formula is C10H5ClF3N3O. The monoisotopic (exact) mass is 275 g/mol. The van der Waals surface area contributed by atoms with Crippen LogP contribution in [0.3, 0.4) is 0 Å². The molecule has 0 radical (unpaired) electrons. The van der Waals surface area contributed by atoms with Crippen molar-refractivity contribution in [3.8, 4) is 11.7 Å². The van der Waals surface area contributed by atoms with Crippen LogP contribution in [0, 0.1) is 0 Å². The predicted octanol–water partition coefficient (Wildman–Crippen LogP) is 3.26. The third-order valence-electron chi connectivity index (χ3n) is 2.51. The molecule has 1 aromatic carbocycles. The summed E-state index contributed by atoms with van der Waals surface area (Å²) < 4.78 is 39.5. The van der Waals surface area contributed by atoms with Gasteiger partial charge < -0.3 is 4.84 Å². The second kappa shape index (κ2) is 3.55. The van der Waals surface area contributed by atoms with E-state index in [1.54, 1.807) is 6.20 Å². The van der Waals surface area contributed by atoms with E-state index in [1.807, 2.05) is 0 Å². The number of anilines is 1. The number of aromatic nitrogens is 2. The van der Waals surface area contributed by atoms with Crippen molar-refractivity contribution >= 4 is 17.3 Å². The SMILES string of the molecule is FC(F)(F)c1cc2c(cc1Cl)-n1ccnc1ON2. The summed E-state index contributed by atoms with van der Waals surface area (Å²) in [6.07, 6.45) is -1.47. The molecule has 0 amide bonds. The van der Waals surface area contributed by atoms with Gasteiger partial charge in [-0.25, -0.2) is 10.5 Å². The summed E-state index contributed by atoms with van der Waals surface area (Å²) in [6.45, 7) is 0. The van der Waals surface area contributed by atoms with E-state index < -0.39 is 11.7 Å². The van der Waals surface area contributed by atoms with Gasteiger partial charge in [0.2, 0.25) is 0 Å². The molecule has 8 heteroatoms. The highest BCUT2D eigenvalue weighted by molar-refractivity contribution is 6.31. The molecule has 3 rings (SSSR count). The van der Waals surface area contributed by atoms with Crippen LogP contribution < -0.4 is 10.3 Å². The van der Waals surface area contributed by atoms with Gasteiger partial charge in [0.25, 0.3) is 0 Å². The first kappa shape index (κ1) is 11.2. The minimum atomic E-state index is -4.51. The van der Waals surface area contributed by atoms with Crippen molar-refractivity contribution in [1.82, 2.24) is 9.55 Å². The Kier molecular flexibility index (Phi) is 2.21. The molecule has 0 bridgehead atoms. The van der Waals surface area contributed by atoms with E-state index in [4.69, 9.17) is 16.4 Å². The summed E-state index contributed by atoms with van der Waals surface area (Å²) in [5, 5.41) is -0.371. The Morgan fingerprint density at radius 2 is 2.11 bits per heavy atom. The van der Waals surface area contributed by atoms with Crippen molar-refractivity contribution < 1.29 is 18.0 Å². The number of rotatable bonds is 0. The molecule has 4 nitrogen and oxygen atoms in total. The average Bonchev–Trinajstić information content (AvgIpc) is 2.75. The Balaban J connectivity index is 2.21. The lowest BCUT2D eigenvalue weighted by Gasteiger charge is -2.21. The number of hydrogen-bond donors (Lipinski definition) is 1. The minimum absolute atomic E-state index is 0.178. The van der Waals surface area contributed by atoms with Crippen LogP contribution in [0.2, 0.25) is 5.02 Å². The van der Waals surface area contributed by atoms with Crippen LogP contribution in [0.15, 0.2) is 24.5 Å². The van der Waals surface area contributed by atoms with Gasteiger partial charge in [0.15, 0.2) is 0 Å². The largest absolute Gasteiger partial charge is 0.417 e. The summed E-state index contributed by atoms with van der Waals surface area (Å²) in [6, 6.07) is 2.36. The molecule has 1 aliphatic rings. The van der Waals surface area contributed by atoms with Gasteiger partial charge >= 0.3 is 12.2 Å². The van der Waals surface area contributed by atoms with Gasteiger partial charge in [-0.15, -0.1) is 0 Å². The van der Waals surface area contributed by atoms with E-state index in [1.165, 1.54) is 16.8 Å². The molecule has 18 heavy (non-hydrogen) atoms. The van der Waals surface area contributed by atoms with Crippen molar-refractivity contribution in [3.63, 3.8) is 0 Å². The highest BCUT2D eigenvalue weighted by atomic mass is 35.5. The maximum atomic E-state index is 12.7. The average molecular weight is 276 g/mol. The molecule has 1 aromatic heterocycles. The van der Waals surface area contributed by atoms with Crippen LogP contribution in [-0.4, -0.2) is 9.55 Å². The number of alkyl halides is 3. The van der Waals surface area contributed by atoms with Crippen LogP contribution >= 0.6 is 11.6 Å². The molecule has 0 saturated carbocycles. The van der Waals surface area contributed by atoms with Crippen LogP contribution in [0.25, 0.3) is 5.69 Å². The van der Waals surface area contributed by atoms with Crippen LogP contribution in [0.1, 0.15) is 5.56 Å². The molecule has 2 heterocycles. The number of nitrogens with zero attached hydrogens (tertiary/aromatic N) is 2. The maximum Gasteiger partial charge on any atom is 0.417 e. The van der Waals surface area contributed by atoms with E-state index in [0.717, 1.165) is 6.07 Å². The Morgan fingerprint density at radius 1 is 1.33 bits per heavy atom. The Morgan fingerprint density at radius 3 is 2.83 bits per heavy atom. The number of nitrogens with one attached hydrogen (secondary N) is 1. The van der Waals surface area contributed by atoms with Crippen molar-refractivity contribution in [2.75, 3.05) is 5.48 Å². The van der Waals surface area contributed by atoms with Gasteiger partial charge in [-0.1, -0.05) is 11.6 Å². The summed E-state index contributed by atoms with van der Waals surface area (Å²) in [5.74, 6) is 0. The molecule has 1 aliphatic heterocycles. The lowest BCUT2D eigenvalue weighted by atomic mass is 10.1. The van der Waals surface area contributed by atoms with Gasteiger partial charge in [0, 0.05) is 12.4 Å². The summed E-state index contributed by atoms with van der Waals surface area (Å²) in [7, 11) is 0. The van der Waals surface area contributed by atoms with Crippen molar-refractivity contribution in [3.05, 3.63) is 35.1 Å². The van der Waals surface area contributed by atoms with Crippen molar-refractivity contribution in [2.24, 2.45) is 0 Å². The zero-order valence-corrected chi connectivity index (χ0v) is 9.38. The number of fused-ring (bicyclic) bond motifs is 3. The van der Waals surface area contributed by atoms with Crippen molar-refractivity contribution in [1.29, 1.82) is 0 Å². The third-order valence-corrected chi connectivity index (χ3v) is 2.82. The minimum Gasteiger partial charge on any atom is -0.341 e. The van der Waals surface area contributed by atoms with E-state index in [9.17, 15) is 13.2 Å². The van der Waals surface area contributed by atoms with Gasteiger partial charge in [0.1, 0.15) is 0 Å². The molecule has 0 spiro atoms. The molecule has 94 valence electrons. The fourth-order valence-electron chi connectivity index (χ4n) is 1.71. The second-order valence-electron chi connectivity index (χ2n) is 3.63. The summed E-state index contributed by atoms with van der Waals surface area (Å²) in [4.78, 5) is 8.86. The quantitative estimate of drug-likeness (QED) is 0.802. The molecule has 0 atom stereocenters. The fourth-order valence-corrected chi connectivity index (χ4v) is 1.98. The van der Waals surface area contributed by atoms with Gasteiger partial charge in [-0.05, 0) is 12.1 Å². The normalized spacial score (nSPS) is 13.3. The van der Waals surface area contributed by atoms with E-state index in [2.05, 4.69) is 10.5 Å². The van der Waals surface area contributed by atoms with Gasteiger partial charge in [-0.2, -0.15) is 13.2 Å². The zero-order chi connectivity index (χ0) is 12.9. The molecule has 0 unspecified atom stereocenters. The van der Waals surface area contributed by atoms with Gasteiger partial charge in [0.05, 0.1) is 22.0 Å². The highest BCUT2D eigenvalue weighted by Gasteiger charge is 2.35. The number of imidazole rings is 1. The van der Waals surface area contributed by atoms with Crippen LogP contribution in [0.5, 0.6) is 6.01 Å². The smallest absolute Gasteiger partial charge is 0.341 e. The topological polar surface area (TPSA) is 39.1 Å². The van der Waals surface area contributed by atoms with Crippen LogP contribution in [-0.2, 0) is 6.18 Å². The van der Waals surface area contributed by atoms with Gasteiger partial charge in [-0.3, -0.25) is 4.57 Å². The second-order valence-corrected chi connectivity index (χ2v) is 4.04. The first-order valence-electron chi connectivity index (χ1n) is 4.84. The zero-order valence-electron chi connectivity index (χ0n) is 8.62. The summed E-state index contributed by atoms with van der Waals surface area (Å²) >= 11 is 5.66. The lowest BCUT2D eigenvalue weighted by molar-refractivity contribution is -0.137. The molecular weight excluding hydrogens is 271 g/mol. The molecule has 2 aromatic rings.